The largest absolute Gasteiger partial charge is 0.496 e. The van der Waals surface area contributed by atoms with Gasteiger partial charge in [-0.05, 0) is 17.7 Å². The molecule has 27 heavy (non-hydrogen) atoms. The van der Waals surface area contributed by atoms with Crippen LogP contribution in [0.1, 0.15) is 11.1 Å². The number of methoxy groups -OCH3 is 1. The van der Waals surface area contributed by atoms with Crippen LogP contribution >= 0.6 is 24.0 Å². The predicted octanol–water partition coefficient (Wildman–Crippen LogP) is 2.55. The molecular formula is C18H25IN4O3S. The van der Waals surface area contributed by atoms with Gasteiger partial charge in [-0.3, -0.25) is 9.71 Å². The number of guanidine groups is 1. The zero-order valence-corrected chi connectivity index (χ0v) is 18.7. The fourth-order valence-corrected chi connectivity index (χ4v) is 3.00. The number of aliphatic imine (C=N–C) groups is 1. The lowest BCUT2D eigenvalue weighted by Crippen LogP contribution is -2.36. The fourth-order valence-electron chi connectivity index (χ4n) is 2.40. The summed E-state index contributed by atoms with van der Waals surface area (Å²) >= 11 is 0. The number of halogens is 1. The average molecular weight is 504 g/mol. The Morgan fingerprint density at radius 3 is 2.15 bits per heavy atom. The van der Waals surface area contributed by atoms with Gasteiger partial charge in [-0.25, -0.2) is 8.42 Å². The van der Waals surface area contributed by atoms with E-state index in [0.29, 0.717) is 24.7 Å². The highest BCUT2D eigenvalue weighted by Crippen LogP contribution is 2.17. The smallest absolute Gasteiger partial charge is 0.229 e. The summed E-state index contributed by atoms with van der Waals surface area (Å²) in [6.07, 6.45) is 1.13. The Balaban J connectivity index is 0.00000364. The van der Waals surface area contributed by atoms with E-state index in [1.807, 2.05) is 36.4 Å². The molecule has 0 saturated carbocycles. The molecule has 0 aliphatic heterocycles. The Hall–Kier alpha value is -2.01. The van der Waals surface area contributed by atoms with E-state index in [2.05, 4.69) is 20.3 Å². The lowest BCUT2D eigenvalue weighted by atomic mass is 10.2. The highest BCUT2D eigenvalue weighted by Gasteiger charge is 2.08. The molecule has 0 radical (unpaired) electrons. The molecule has 9 heteroatoms. The van der Waals surface area contributed by atoms with Crippen LogP contribution < -0.4 is 20.1 Å². The summed E-state index contributed by atoms with van der Waals surface area (Å²) in [7, 11) is -0.0200. The number of hydrogen-bond acceptors (Lipinski definition) is 4. The van der Waals surface area contributed by atoms with E-state index >= 15 is 0 Å². The van der Waals surface area contributed by atoms with Crippen LogP contribution in [0.3, 0.4) is 0 Å². The van der Waals surface area contributed by atoms with Crippen molar-refractivity contribution in [3.05, 3.63) is 59.7 Å². The lowest BCUT2D eigenvalue weighted by Gasteiger charge is -2.15. The second-order valence-corrected chi connectivity index (χ2v) is 7.37. The third-order valence-electron chi connectivity index (χ3n) is 3.62. The van der Waals surface area contributed by atoms with E-state index < -0.39 is 10.0 Å². The van der Waals surface area contributed by atoms with Gasteiger partial charge in [-0.2, -0.15) is 0 Å². The lowest BCUT2D eigenvalue weighted by molar-refractivity contribution is 0.409. The molecule has 7 nitrogen and oxygen atoms in total. The topological polar surface area (TPSA) is 91.8 Å². The maximum Gasteiger partial charge on any atom is 0.229 e. The Morgan fingerprint density at radius 2 is 1.56 bits per heavy atom. The summed E-state index contributed by atoms with van der Waals surface area (Å²) in [6, 6.07) is 15.0. The molecule has 0 unspecified atom stereocenters. The normalized spacial score (nSPS) is 11.3. The third-order valence-corrected chi connectivity index (χ3v) is 4.21. The van der Waals surface area contributed by atoms with Crippen LogP contribution in [0.5, 0.6) is 5.75 Å². The predicted molar refractivity (Wildman–Crippen MR) is 120 cm³/mol. The van der Waals surface area contributed by atoms with Gasteiger partial charge in [0.2, 0.25) is 10.0 Å². The number of ether oxygens (including phenoxy) is 1. The van der Waals surface area contributed by atoms with E-state index in [0.717, 1.165) is 23.1 Å². The minimum atomic E-state index is -3.34. The molecule has 2 aromatic rings. The molecule has 0 aromatic heterocycles. The van der Waals surface area contributed by atoms with Gasteiger partial charge in [0.25, 0.3) is 0 Å². The summed E-state index contributed by atoms with van der Waals surface area (Å²) in [5.74, 6) is 1.41. The molecule has 0 spiro atoms. The zero-order chi connectivity index (χ0) is 19.0. The number of nitrogens with one attached hydrogen (secondary N) is 3. The van der Waals surface area contributed by atoms with Crippen molar-refractivity contribution in [2.75, 3.05) is 25.1 Å². The van der Waals surface area contributed by atoms with Gasteiger partial charge >= 0.3 is 0 Å². The highest BCUT2D eigenvalue weighted by atomic mass is 127. The van der Waals surface area contributed by atoms with Gasteiger partial charge in [0.05, 0.1) is 19.1 Å². The minimum Gasteiger partial charge on any atom is -0.496 e. The van der Waals surface area contributed by atoms with E-state index in [9.17, 15) is 8.42 Å². The number of rotatable bonds is 7. The van der Waals surface area contributed by atoms with E-state index in [4.69, 9.17) is 4.74 Å². The Kier molecular flexibility index (Phi) is 9.36. The van der Waals surface area contributed by atoms with E-state index in [-0.39, 0.29) is 24.0 Å². The van der Waals surface area contributed by atoms with Crippen LogP contribution in [-0.2, 0) is 23.1 Å². The first-order valence-corrected chi connectivity index (χ1v) is 9.94. The summed E-state index contributed by atoms with van der Waals surface area (Å²) in [6.45, 7) is 0.969. The number of sulfonamides is 1. The number of benzene rings is 2. The average Bonchev–Trinajstić information content (AvgIpc) is 2.62. The Morgan fingerprint density at radius 1 is 1.00 bits per heavy atom. The van der Waals surface area contributed by atoms with Gasteiger partial charge in [0, 0.05) is 25.7 Å². The van der Waals surface area contributed by atoms with Crippen molar-refractivity contribution in [2.24, 2.45) is 4.99 Å². The second-order valence-electron chi connectivity index (χ2n) is 5.62. The first-order chi connectivity index (χ1) is 12.4. The van der Waals surface area contributed by atoms with Gasteiger partial charge < -0.3 is 15.4 Å². The standard InChI is InChI=1S/C18H24N4O3S.HI/c1-19-18(21-13-15-9-5-7-11-17(15)25-2)20-12-14-8-4-6-10-16(14)22-26(3,23)24;/h4-11,22H,12-13H2,1-3H3,(H2,19,20,21);1H. The maximum atomic E-state index is 11.5. The molecule has 0 aliphatic rings. The van der Waals surface area contributed by atoms with Gasteiger partial charge in [-0.1, -0.05) is 36.4 Å². The fraction of sp³-hybridized carbons (Fsp3) is 0.278. The van der Waals surface area contributed by atoms with E-state index in [1.54, 1.807) is 26.3 Å². The number of hydrogen-bond donors (Lipinski definition) is 3. The summed E-state index contributed by atoms with van der Waals surface area (Å²) in [5, 5.41) is 6.40. The van der Waals surface area contributed by atoms with Crippen LogP contribution in [-0.4, -0.2) is 34.8 Å². The molecule has 0 aliphatic carbocycles. The van der Waals surface area contributed by atoms with Crippen molar-refractivity contribution in [1.82, 2.24) is 10.6 Å². The summed E-state index contributed by atoms with van der Waals surface area (Å²) in [4.78, 5) is 4.19. The molecule has 2 aromatic carbocycles. The van der Waals surface area contributed by atoms with Crippen LogP contribution in [0.2, 0.25) is 0 Å². The number of anilines is 1. The zero-order valence-electron chi connectivity index (χ0n) is 15.5. The molecule has 148 valence electrons. The van der Waals surface area contributed by atoms with Crippen molar-refractivity contribution in [3.8, 4) is 5.75 Å². The molecule has 0 amide bonds. The number of nitrogens with zero attached hydrogens (tertiary/aromatic N) is 1. The van der Waals surface area contributed by atoms with E-state index in [1.165, 1.54) is 0 Å². The third kappa shape index (κ3) is 7.63. The maximum absolute atomic E-state index is 11.5. The quantitative estimate of drug-likeness (QED) is 0.306. The monoisotopic (exact) mass is 504 g/mol. The van der Waals surface area contributed by atoms with Gasteiger partial charge in [0.1, 0.15) is 5.75 Å². The first kappa shape index (κ1) is 23.0. The highest BCUT2D eigenvalue weighted by molar-refractivity contribution is 14.0. The van der Waals surface area contributed by atoms with Crippen molar-refractivity contribution in [3.63, 3.8) is 0 Å². The molecule has 0 fully saturated rings. The van der Waals surface area contributed by atoms with Gasteiger partial charge in [0.15, 0.2) is 5.96 Å². The molecule has 2 rings (SSSR count). The van der Waals surface area contributed by atoms with Crippen molar-refractivity contribution < 1.29 is 13.2 Å². The van der Waals surface area contributed by atoms with Crippen LogP contribution in [0.4, 0.5) is 5.69 Å². The van der Waals surface area contributed by atoms with Crippen molar-refractivity contribution in [1.29, 1.82) is 0 Å². The summed E-state index contributed by atoms with van der Waals surface area (Å²) < 4.78 is 30.8. The molecule has 3 N–H and O–H groups in total. The molecule has 0 atom stereocenters. The number of para-hydroxylation sites is 2. The second kappa shape index (κ2) is 11.0. The van der Waals surface area contributed by atoms with Crippen LogP contribution in [0, 0.1) is 0 Å². The van der Waals surface area contributed by atoms with Crippen molar-refractivity contribution in [2.45, 2.75) is 13.1 Å². The Labute approximate surface area is 177 Å². The van der Waals surface area contributed by atoms with Gasteiger partial charge in [-0.15, -0.1) is 24.0 Å². The van der Waals surface area contributed by atoms with Crippen LogP contribution in [0.25, 0.3) is 0 Å². The first-order valence-electron chi connectivity index (χ1n) is 8.05. The minimum absolute atomic E-state index is 0. The molecule has 0 heterocycles. The summed E-state index contributed by atoms with van der Waals surface area (Å²) in [5.41, 5.74) is 2.37. The molecular weight excluding hydrogens is 479 g/mol. The van der Waals surface area contributed by atoms with Crippen LogP contribution in [0.15, 0.2) is 53.5 Å². The molecule has 0 bridgehead atoms. The SMILES string of the molecule is CN=C(NCc1ccccc1NS(C)(=O)=O)NCc1ccccc1OC.I. The molecule has 0 saturated heterocycles. The Bertz CT molecular complexity index is 872. The van der Waals surface area contributed by atoms with Crippen molar-refractivity contribution >= 4 is 45.6 Å².